The Kier molecular flexibility index (Phi) is 6.07. The Labute approximate surface area is 144 Å². The van der Waals surface area contributed by atoms with Gasteiger partial charge in [0.1, 0.15) is 0 Å². The van der Waals surface area contributed by atoms with Gasteiger partial charge in [-0.25, -0.2) is 23.0 Å². The van der Waals surface area contributed by atoms with Crippen molar-refractivity contribution in [2.45, 2.75) is 6.54 Å². The quantitative estimate of drug-likeness (QED) is 0.190. The number of halogens is 4. The first-order chi connectivity index (χ1) is 12.3. The summed E-state index contributed by atoms with van der Waals surface area (Å²) in [4.78, 5) is 22.7. The van der Waals surface area contributed by atoms with E-state index in [9.17, 15) is 27.2 Å². The Balaban J connectivity index is 2.04. The molecule has 0 saturated carbocycles. The fraction of sp³-hybridized carbons (Fsp3) is 0.0588. The van der Waals surface area contributed by atoms with Crippen LogP contribution in [0.2, 0.25) is 0 Å². The van der Waals surface area contributed by atoms with Crippen LogP contribution in [-0.4, -0.2) is 17.0 Å². The number of carbonyl (C=O) groups is 2. The van der Waals surface area contributed by atoms with Gasteiger partial charge in [0, 0.05) is 12.6 Å². The van der Waals surface area contributed by atoms with Crippen molar-refractivity contribution < 1.29 is 32.4 Å². The Morgan fingerprint density at radius 2 is 1.65 bits per heavy atom. The highest BCUT2D eigenvalue weighted by Crippen LogP contribution is 2.18. The van der Waals surface area contributed by atoms with Crippen LogP contribution < -0.4 is 10.8 Å². The molecule has 2 aromatic rings. The maximum atomic E-state index is 13.6. The average Bonchev–Trinajstić information content (AvgIpc) is 2.66. The predicted molar refractivity (Wildman–Crippen MR) is 82.8 cm³/mol. The second-order valence-electron chi connectivity index (χ2n) is 5.08. The summed E-state index contributed by atoms with van der Waals surface area (Å²) in [6, 6.07) is 6.64. The lowest BCUT2D eigenvalue weighted by Crippen LogP contribution is -2.24. The van der Waals surface area contributed by atoms with E-state index in [1.54, 1.807) is 24.3 Å². The number of amides is 2. The molecule has 26 heavy (non-hydrogen) atoms. The van der Waals surface area contributed by atoms with E-state index < -0.39 is 40.6 Å². The molecule has 0 saturated heterocycles. The number of benzene rings is 2. The van der Waals surface area contributed by atoms with E-state index in [4.69, 9.17) is 5.21 Å². The normalized spacial score (nSPS) is 10.8. The Morgan fingerprint density at radius 3 is 2.27 bits per heavy atom. The van der Waals surface area contributed by atoms with Gasteiger partial charge in [-0.15, -0.1) is 0 Å². The molecule has 0 aliphatic rings. The SMILES string of the molecule is O=C(/C=C/c1ccc(CNC(=O)c2cc(F)c(F)c(F)c2F)cc1)NO. The number of hydrogen-bond acceptors (Lipinski definition) is 3. The molecular formula is C17H12F4N2O3. The van der Waals surface area contributed by atoms with Crippen LogP contribution in [0.4, 0.5) is 17.6 Å². The van der Waals surface area contributed by atoms with Gasteiger partial charge in [0.05, 0.1) is 5.56 Å². The van der Waals surface area contributed by atoms with Crippen molar-refractivity contribution in [3.63, 3.8) is 0 Å². The van der Waals surface area contributed by atoms with Gasteiger partial charge in [-0.2, -0.15) is 0 Å². The van der Waals surface area contributed by atoms with Gasteiger partial charge in [-0.05, 0) is 23.3 Å². The van der Waals surface area contributed by atoms with Crippen molar-refractivity contribution in [1.82, 2.24) is 10.8 Å². The minimum absolute atomic E-state index is 0.0833. The number of hydroxylamine groups is 1. The van der Waals surface area contributed by atoms with Crippen LogP contribution in [-0.2, 0) is 11.3 Å². The maximum Gasteiger partial charge on any atom is 0.267 e. The van der Waals surface area contributed by atoms with E-state index in [0.717, 1.165) is 6.08 Å². The van der Waals surface area contributed by atoms with Gasteiger partial charge in [0.15, 0.2) is 23.3 Å². The molecule has 9 heteroatoms. The third-order valence-electron chi connectivity index (χ3n) is 3.32. The molecule has 2 rings (SSSR count). The molecule has 0 aliphatic carbocycles. The van der Waals surface area contributed by atoms with Crippen LogP contribution >= 0.6 is 0 Å². The molecule has 0 radical (unpaired) electrons. The second kappa shape index (κ2) is 8.26. The topological polar surface area (TPSA) is 78.4 Å². The lowest BCUT2D eigenvalue weighted by atomic mass is 10.1. The molecule has 2 aromatic carbocycles. The smallest absolute Gasteiger partial charge is 0.267 e. The summed E-state index contributed by atoms with van der Waals surface area (Å²) in [5.74, 6) is -9.30. The summed E-state index contributed by atoms with van der Waals surface area (Å²) in [5.41, 5.74) is 1.68. The van der Waals surface area contributed by atoms with E-state index >= 15 is 0 Å². The van der Waals surface area contributed by atoms with Crippen LogP contribution in [0.25, 0.3) is 6.08 Å². The third kappa shape index (κ3) is 4.45. The molecule has 0 unspecified atom stereocenters. The number of nitrogens with one attached hydrogen (secondary N) is 2. The zero-order valence-corrected chi connectivity index (χ0v) is 13.0. The van der Waals surface area contributed by atoms with Gasteiger partial charge in [-0.3, -0.25) is 14.8 Å². The van der Waals surface area contributed by atoms with Gasteiger partial charge in [-0.1, -0.05) is 24.3 Å². The summed E-state index contributed by atoms with van der Waals surface area (Å²) in [6.45, 7) is -0.0833. The number of carbonyl (C=O) groups excluding carboxylic acids is 2. The summed E-state index contributed by atoms with van der Waals surface area (Å²) >= 11 is 0. The van der Waals surface area contributed by atoms with E-state index in [0.29, 0.717) is 11.1 Å². The highest BCUT2D eigenvalue weighted by atomic mass is 19.2. The molecule has 2 amide bonds. The molecule has 5 nitrogen and oxygen atoms in total. The zero-order chi connectivity index (χ0) is 19.3. The van der Waals surface area contributed by atoms with E-state index in [1.807, 2.05) is 0 Å². The molecule has 0 aliphatic heterocycles. The van der Waals surface area contributed by atoms with Crippen LogP contribution in [0.15, 0.2) is 36.4 Å². The monoisotopic (exact) mass is 368 g/mol. The second-order valence-corrected chi connectivity index (χ2v) is 5.08. The summed E-state index contributed by atoms with van der Waals surface area (Å²) < 4.78 is 52.7. The molecule has 0 heterocycles. The molecule has 136 valence electrons. The molecule has 0 aromatic heterocycles. The van der Waals surface area contributed by atoms with Crippen molar-refractivity contribution in [1.29, 1.82) is 0 Å². The minimum atomic E-state index is -2.06. The van der Waals surface area contributed by atoms with Gasteiger partial charge in [0.25, 0.3) is 11.8 Å². The standard InChI is InChI=1S/C17H12F4N2O3/c18-12-7-11(14(19)16(21)15(12)20)17(25)22-8-10-3-1-9(2-4-10)5-6-13(24)23-26/h1-7,26H,8H2,(H,22,25)(H,23,24)/b6-5+. The van der Waals surface area contributed by atoms with Crippen molar-refractivity contribution >= 4 is 17.9 Å². The Morgan fingerprint density at radius 1 is 1.00 bits per heavy atom. The molecule has 3 N–H and O–H groups in total. The van der Waals surface area contributed by atoms with E-state index in [-0.39, 0.29) is 12.6 Å². The first kappa shape index (κ1) is 19.1. The van der Waals surface area contributed by atoms with E-state index in [2.05, 4.69) is 5.32 Å². The Bertz CT molecular complexity index is 867. The predicted octanol–water partition coefficient (Wildman–Crippen LogP) is 2.69. The third-order valence-corrected chi connectivity index (χ3v) is 3.32. The number of hydrogen-bond donors (Lipinski definition) is 3. The molecular weight excluding hydrogens is 356 g/mol. The fourth-order valence-corrected chi connectivity index (χ4v) is 1.97. The maximum absolute atomic E-state index is 13.6. The van der Waals surface area contributed by atoms with Gasteiger partial charge in [0.2, 0.25) is 0 Å². The van der Waals surface area contributed by atoms with Crippen molar-refractivity contribution in [3.8, 4) is 0 Å². The highest BCUT2D eigenvalue weighted by Gasteiger charge is 2.22. The summed E-state index contributed by atoms with van der Waals surface area (Å²) in [5, 5.41) is 10.6. The number of rotatable bonds is 5. The first-order valence-electron chi connectivity index (χ1n) is 7.15. The van der Waals surface area contributed by atoms with Crippen LogP contribution in [0.5, 0.6) is 0 Å². The van der Waals surface area contributed by atoms with Crippen LogP contribution in [0.3, 0.4) is 0 Å². The lowest BCUT2D eigenvalue weighted by Gasteiger charge is -2.08. The minimum Gasteiger partial charge on any atom is -0.348 e. The summed E-state index contributed by atoms with van der Waals surface area (Å²) in [7, 11) is 0. The van der Waals surface area contributed by atoms with Gasteiger partial charge >= 0.3 is 0 Å². The average molecular weight is 368 g/mol. The van der Waals surface area contributed by atoms with Crippen LogP contribution in [0, 0.1) is 23.3 Å². The molecule has 0 spiro atoms. The summed E-state index contributed by atoms with van der Waals surface area (Å²) in [6.07, 6.45) is 2.52. The van der Waals surface area contributed by atoms with Crippen LogP contribution in [0.1, 0.15) is 21.5 Å². The zero-order valence-electron chi connectivity index (χ0n) is 13.0. The molecule has 0 fully saturated rings. The largest absolute Gasteiger partial charge is 0.348 e. The molecule has 0 atom stereocenters. The molecule has 0 bridgehead atoms. The van der Waals surface area contributed by atoms with Crippen molar-refractivity contribution in [2.75, 3.05) is 0 Å². The fourth-order valence-electron chi connectivity index (χ4n) is 1.97. The van der Waals surface area contributed by atoms with Gasteiger partial charge < -0.3 is 5.32 Å². The van der Waals surface area contributed by atoms with Crippen molar-refractivity contribution in [3.05, 3.63) is 76.4 Å². The Hall–Kier alpha value is -3.20. The highest BCUT2D eigenvalue weighted by molar-refractivity contribution is 5.94. The van der Waals surface area contributed by atoms with Crippen molar-refractivity contribution in [2.24, 2.45) is 0 Å². The lowest BCUT2D eigenvalue weighted by molar-refractivity contribution is -0.124. The van der Waals surface area contributed by atoms with E-state index in [1.165, 1.54) is 11.6 Å². The first-order valence-corrected chi connectivity index (χ1v) is 7.15.